The molecule has 0 aromatic carbocycles. The standard InChI is InChI=1S/C16H20N4O2/c1-9-2-5-15(22-9)13-6-14(19-18-13)16(21)20-7-10-3-4-12(17)11(10)8-20/h2,5-6,10-12H,3-4,7-8,17H2,1H3,(H,18,19). The first-order chi connectivity index (χ1) is 10.6. The molecule has 6 heteroatoms. The number of carbonyl (C=O) groups is 1. The van der Waals surface area contributed by atoms with Crippen LogP contribution >= 0.6 is 0 Å². The summed E-state index contributed by atoms with van der Waals surface area (Å²) in [6.07, 6.45) is 2.22. The molecule has 0 spiro atoms. The van der Waals surface area contributed by atoms with Crippen molar-refractivity contribution in [1.82, 2.24) is 15.1 Å². The number of carbonyl (C=O) groups excluding carboxylic acids is 1. The number of aryl methyl sites for hydroxylation is 1. The fourth-order valence-electron chi connectivity index (χ4n) is 3.77. The molecule has 22 heavy (non-hydrogen) atoms. The predicted octanol–water partition coefficient (Wildman–Crippen LogP) is 1.79. The van der Waals surface area contributed by atoms with E-state index >= 15 is 0 Å². The summed E-state index contributed by atoms with van der Waals surface area (Å²) in [4.78, 5) is 14.5. The molecule has 1 amide bonds. The second-order valence-corrected chi connectivity index (χ2v) is 6.45. The van der Waals surface area contributed by atoms with E-state index in [2.05, 4.69) is 10.2 Å². The molecule has 1 saturated carbocycles. The van der Waals surface area contributed by atoms with Gasteiger partial charge in [-0.3, -0.25) is 9.89 Å². The minimum atomic E-state index is -0.0209. The van der Waals surface area contributed by atoms with E-state index in [4.69, 9.17) is 10.2 Å². The van der Waals surface area contributed by atoms with Crippen LogP contribution in [-0.2, 0) is 0 Å². The third-order valence-corrected chi connectivity index (χ3v) is 5.00. The van der Waals surface area contributed by atoms with Crippen LogP contribution in [0.3, 0.4) is 0 Å². The maximum Gasteiger partial charge on any atom is 0.274 e. The number of fused-ring (bicyclic) bond motifs is 1. The number of aromatic nitrogens is 2. The summed E-state index contributed by atoms with van der Waals surface area (Å²) in [6, 6.07) is 5.76. The lowest BCUT2D eigenvalue weighted by Crippen LogP contribution is -2.33. The fourth-order valence-corrected chi connectivity index (χ4v) is 3.77. The van der Waals surface area contributed by atoms with Crippen molar-refractivity contribution >= 4 is 5.91 Å². The molecule has 0 bridgehead atoms. The number of amides is 1. The van der Waals surface area contributed by atoms with Gasteiger partial charge in [-0.1, -0.05) is 0 Å². The topological polar surface area (TPSA) is 88.1 Å². The summed E-state index contributed by atoms with van der Waals surface area (Å²) in [5, 5.41) is 7.03. The Labute approximate surface area is 128 Å². The number of rotatable bonds is 2. The summed E-state index contributed by atoms with van der Waals surface area (Å²) in [7, 11) is 0. The van der Waals surface area contributed by atoms with Crippen LogP contribution in [0.2, 0.25) is 0 Å². The van der Waals surface area contributed by atoms with Gasteiger partial charge in [0.05, 0.1) is 0 Å². The summed E-state index contributed by atoms with van der Waals surface area (Å²) in [6.45, 7) is 3.45. The summed E-state index contributed by atoms with van der Waals surface area (Å²) >= 11 is 0. The molecule has 116 valence electrons. The first-order valence-corrected chi connectivity index (χ1v) is 7.79. The number of likely N-dealkylation sites (tertiary alicyclic amines) is 1. The third kappa shape index (κ3) is 2.14. The number of hydrogen-bond acceptors (Lipinski definition) is 4. The Bertz CT molecular complexity index is 705. The number of furan rings is 1. The minimum Gasteiger partial charge on any atom is -0.460 e. The van der Waals surface area contributed by atoms with Crippen LogP contribution in [0.1, 0.15) is 29.1 Å². The maximum absolute atomic E-state index is 12.6. The van der Waals surface area contributed by atoms with Gasteiger partial charge in [0.1, 0.15) is 11.5 Å². The predicted molar refractivity (Wildman–Crippen MR) is 81.1 cm³/mol. The molecule has 2 aliphatic rings. The normalized spacial score (nSPS) is 27.4. The van der Waals surface area contributed by atoms with Crippen molar-refractivity contribution in [1.29, 1.82) is 0 Å². The average Bonchev–Trinajstić information content (AvgIpc) is 3.23. The van der Waals surface area contributed by atoms with E-state index in [1.807, 2.05) is 24.0 Å². The van der Waals surface area contributed by atoms with Crippen molar-refractivity contribution in [3.8, 4) is 11.5 Å². The van der Waals surface area contributed by atoms with Gasteiger partial charge in [0.2, 0.25) is 0 Å². The molecule has 2 aromatic heterocycles. The Kier molecular flexibility index (Phi) is 3.07. The third-order valence-electron chi connectivity index (χ3n) is 5.00. The van der Waals surface area contributed by atoms with Gasteiger partial charge in [-0.05, 0) is 43.7 Å². The van der Waals surface area contributed by atoms with E-state index in [0.29, 0.717) is 23.3 Å². The van der Waals surface area contributed by atoms with Crippen molar-refractivity contribution in [3.63, 3.8) is 0 Å². The first kappa shape index (κ1) is 13.6. The van der Waals surface area contributed by atoms with Gasteiger partial charge in [0, 0.05) is 25.2 Å². The van der Waals surface area contributed by atoms with Crippen LogP contribution in [0.5, 0.6) is 0 Å². The smallest absolute Gasteiger partial charge is 0.274 e. The van der Waals surface area contributed by atoms with E-state index in [1.54, 1.807) is 6.07 Å². The second-order valence-electron chi connectivity index (χ2n) is 6.45. The van der Waals surface area contributed by atoms with Gasteiger partial charge in [0.25, 0.3) is 5.91 Å². The van der Waals surface area contributed by atoms with Gasteiger partial charge in [-0.25, -0.2) is 0 Å². The zero-order valence-corrected chi connectivity index (χ0v) is 12.6. The minimum absolute atomic E-state index is 0.0209. The van der Waals surface area contributed by atoms with Crippen molar-refractivity contribution in [2.24, 2.45) is 17.6 Å². The second kappa shape index (κ2) is 4.98. The monoisotopic (exact) mass is 300 g/mol. The van der Waals surface area contributed by atoms with E-state index in [1.165, 1.54) is 0 Å². The number of nitrogens with zero attached hydrogens (tertiary/aromatic N) is 2. The Balaban J connectivity index is 1.51. The van der Waals surface area contributed by atoms with Gasteiger partial charge < -0.3 is 15.1 Å². The largest absolute Gasteiger partial charge is 0.460 e. The lowest BCUT2D eigenvalue weighted by atomic mass is 9.98. The van der Waals surface area contributed by atoms with Crippen LogP contribution in [0.15, 0.2) is 22.6 Å². The van der Waals surface area contributed by atoms with E-state index in [-0.39, 0.29) is 11.9 Å². The molecule has 1 aliphatic carbocycles. The van der Waals surface area contributed by atoms with E-state index in [9.17, 15) is 4.79 Å². The Morgan fingerprint density at radius 3 is 3.00 bits per heavy atom. The lowest BCUT2D eigenvalue weighted by molar-refractivity contribution is 0.0773. The molecule has 1 aliphatic heterocycles. The number of H-pyrrole nitrogens is 1. The summed E-state index contributed by atoms with van der Waals surface area (Å²) in [5.74, 6) is 2.52. The molecule has 3 N–H and O–H groups in total. The van der Waals surface area contributed by atoms with Crippen LogP contribution in [-0.4, -0.2) is 40.1 Å². The van der Waals surface area contributed by atoms with Crippen molar-refractivity contribution < 1.29 is 9.21 Å². The molecule has 3 atom stereocenters. The van der Waals surface area contributed by atoms with Gasteiger partial charge in [-0.15, -0.1) is 0 Å². The number of aromatic amines is 1. The molecule has 3 heterocycles. The van der Waals surface area contributed by atoms with E-state index in [0.717, 1.165) is 37.4 Å². The van der Waals surface area contributed by atoms with Gasteiger partial charge in [0.15, 0.2) is 11.5 Å². The summed E-state index contributed by atoms with van der Waals surface area (Å²) in [5.41, 5.74) is 7.30. The van der Waals surface area contributed by atoms with Crippen LogP contribution in [0.4, 0.5) is 0 Å². The quantitative estimate of drug-likeness (QED) is 0.885. The maximum atomic E-state index is 12.6. The molecular formula is C16H20N4O2. The fraction of sp³-hybridized carbons (Fsp3) is 0.500. The van der Waals surface area contributed by atoms with Gasteiger partial charge in [-0.2, -0.15) is 5.10 Å². The van der Waals surface area contributed by atoms with Crippen molar-refractivity contribution in [2.75, 3.05) is 13.1 Å². The van der Waals surface area contributed by atoms with Crippen molar-refractivity contribution in [3.05, 3.63) is 29.7 Å². The molecule has 2 fully saturated rings. The average molecular weight is 300 g/mol. The zero-order chi connectivity index (χ0) is 15.3. The highest BCUT2D eigenvalue weighted by Crippen LogP contribution is 2.37. The molecule has 3 unspecified atom stereocenters. The molecular weight excluding hydrogens is 280 g/mol. The van der Waals surface area contributed by atoms with Crippen molar-refractivity contribution in [2.45, 2.75) is 25.8 Å². The highest BCUT2D eigenvalue weighted by atomic mass is 16.3. The van der Waals surface area contributed by atoms with Gasteiger partial charge >= 0.3 is 0 Å². The number of nitrogens with two attached hydrogens (primary N) is 1. The molecule has 4 rings (SSSR count). The molecule has 1 saturated heterocycles. The SMILES string of the molecule is Cc1ccc(-c2cc(C(=O)N3CC4CCC(N)C4C3)n[nH]2)o1. The van der Waals surface area contributed by atoms with Crippen LogP contribution in [0, 0.1) is 18.8 Å². The number of hydrogen-bond donors (Lipinski definition) is 2. The first-order valence-electron chi connectivity index (χ1n) is 7.79. The lowest BCUT2D eigenvalue weighted by Gasteiger charge is -2.17. The zero-order valence-electron chi connectivity index (χ0n) is 12.6. The molecule has 0 radical (unpaired) electrons. The molecule has 2 aromatic rings. The highest BCUT2D eigenvalue weighted by Gasteiger charge is 2.42. The highest BCUT2D eigenvalue weighted by molar-refractivity contribution is 5.93. The Morgan fingerprint density at radius 2 is 2.27 bits per heavy atom. The Morgan fingerprint density at radius 1 is 1.41 bits per heavy atom. The molecule has 6 nitrogen and oxygen atoms in total. The summed E-state index contributed by atoms with van der Waals surface area (Å²) < 4.78 is 5.55. The van der Waals surface area contributed by atoms with Crippen LogP contribution < -0.4 is 5.73 Å². The van der Waals surface area contributed by atoms with E-state index < -0.39 is 0 Å². The number of nitrogens with one attached hydrogen (secondary N) is 1. The Hall–Kier alpha value is -2.08. The van der Waals surface area contributed by atoms with Crippen LogP contribution in [0.25, 0.3) is 11.5 Å².